The van der Waals surface area contributed by atoms with Crippen LogP contribution in [0.4, 0.5) is 0 Å². The average Bonchev–Trinajstić information content (AvgIpc) is 2.78. The fourth-order valence-corrected chi connectivity index (χ4v) is 4.39. The maximum atomic E-state index is 6.20. The molecular formula is C29H62BrNO2. The van der Waals surface area contributed by atoms with E-state index in [1.807, 2.05) is 0 Å². The Kier molecular flexibility index (Phi) is 29.0. The van der Waals surface area contributed by atoms with Gasteiger partial charge < -0.3 is 15.2 Å². The van der Waals surface area contributed by atoms with Gasteiger partial charge in [-0.15, -0.1) is 17.0 Å². The van der Waals surface area contributed by atoms with Gasteiger partial charge in [0.05, 0.1) is 11.7 Å². The molecule has 1 unspecified atom stereocenters. The van der Waals surface area contributed by atoms with Crippen LogP contribution in [0.15, 0.2) is 0 Å². The third-order valence-corrected chi connectivity index (χ3v) is 6.78. The van der Waals surface area contributed by atoms with Crippen molar-refractivity contribution in [2.75, 3.05) is 19.8 Å². The molecule has 0 aromatic heterocycles. The normalized spacial score (nSPS) is 12.6. The zero-order chi connectivity index (χ0) is 23.8. The van der Waals surface area contributed by atoms with Crippen molar-refractivity contribution >= 4 is 17.0 Å². The molecule has 0 aromatic rings. The van der Waals surface area contributed by atoms with Crippen LogP contribution in [0.2, 0.25) is 0 Å². The van der Waals surface area contributed by atoms with Crippen LogP contribution < -0.4 is 5.73 Å². The molecule has 4 heteroatoms. The second-order valence-electron chi connectivity index (χ2n) is 10.4. The topological polar surface area (TPSA) is 44.5 Å². The van der Waals surface area contributed by atoms with Crippen LogP contribution in [-0.4, -0.2) is 31.5 Å². The maximum Gasteiger partial charge on any atom is 0.0980 e. The molecule has 0 saturated heterocycles. The lowest BCUT2D eigenvalue weighted by molar-refractivity contribution is -0.124. The quantitative estimate of drug-likeness (QED) is 0.112. The van der Waals surface area contributed by atoms with Gasteiger partial charge in [0.25, 0.3) is 0 Å². The molecule has 0 rings (SSSR count). The van der Waals surface area contributed by atoms with Gasteiger partial charge in [0.2, 0.25) is 0 Å². The van der Waals surface area contributed by atoms with Gasteiger partial charge in [-0.05, 0) is 26.7 Å². The summed E-state index contributed by atoms with van der Waals surface area (Å²) in [5.41, 5.74) is 5.71. The molecule has 3 nitrogen and oxygen atoms in total. The van der Waals surface area contributed by atoms with Crippen LogP contribution >= 0.6 is 17.0 Å². The summed E-state index contributed by atoms with van der Waals surface area (Å²) in [4.78, 5) is 0. The van der Waals surface area contributed by atoms with Crippen molar-refractivity contribution in [1.29, 1.82) is 0 Å². The molecule has 2 N–H and O–H groups in total. The standard InChI is InChI=1S/C29H61NO2.BrH/c1-5-7-9-11-13-15-17-19-21-23-25-31-28(27-30)29(3,4)32-26-24-22-20-18-16-14-12-10-8-6-2;/h28H,5-27,30H2,1-4H3;1H. The van der Waals surface area contributed by atoms with Crippen LogP contribution in [0.3, 0.4) is 0 Å². The molecule has 33 heavy (non-hydrogen) atoms. The van der Waals surface area contributed by atoms with Crippen molar-refractivity contribution in [3.63, 3.8) is 0 Å². The van der Waals surface area contributed by atoms with E-state index in [1.54, 1.807) is 0 Å². The molecule has 0 radical (unpaired) electrons. The van der Waals surface area contributed by atoms with Crippen LogP contribution in [0, 0.1) is 0 Å². The van der Waals surface area contributed by atoms with Crippen molar-refractivity contribution in [2.45, 2.75) is 168 Å². The van der Waals surface area contributed by atoms with Crippen LogP contribution in [-0.2, 0) is 9.47 Å². The van der Waals surface area contributed by atoms with E-state index in [0.717, 1.165) is 26.1 Å². The molecule has 0 aliphatic heterocycles. The lowest BCUT2D eigenvalue weighted by atomic mass is 10.0. The van der Waals surface area contributed by atoms with E-state index in [4.69, 9.17) is 15.2 Å². The predicted molar refractivity (Wildman–Crippen MR) is 153 cm³/mol. The highest BCUT2D eigenvalue weighted by molar-refractivity contribution is 8.93. The minimum absolute atomic E-state index is 0. The Bertz CT molecular complexity index is 366. The molecule has 0 fully saturated rings. The highest BCUT2D eigenvalue weighted by atomic mass is 79.9. The van der Waals surface area contributed by atoms with Gasteiger partial charge in [0, 0.05) is 19.8 Å². The zero-order valence-corrected chi connectivity index (χ0v) is 24.9. The summed E-state index contributed by atoms with van der Waals surface area (Å²) in [5.74, 6) is 0. The van der Waals surface area contributed by atoms with Crippen molar-refractivity contribution in [2.24, 2.45) is 5.73 Å². The number of hydrogen-bond acceptors (Lipinski definition) is 3. The number of unbranched alkanes of at least 4 members (excludes halogenated alkanes) is 18. The van der Waals surface area contributed by atoms with Gasteiger partial charge in [-0.1, -0.05) is 129 Å². The van der Waals surface area contributed by atoms with Gasteiger partial charge in [-0.3, -0.25) is 0 Å². The Labute approximate surface area is 219 Å². The third kappa shape index (κ3) is 23.9. The van der Waals surface area contributed by atoms with E-state index in [-0.39, 0.29) is 28.7 Å². The molecule has 202 valence electrons. The summed E-state index contributed by atoms with van der Waals surface area (Å²) in [6.45, 7) is 11.0. The maximum absolute atomic E-state index is 6.20. The minimum atomic E-state index is -0.299. The first-order valence-corrected chi connectivity index (χ1v) is 14.5. The Hall–Kier alpha value is 0.360. The molecule has 1 atom stereocenters. The second-order valence-corrected chi connectivity index (χ2v) is 10.4. The summed E-state index contributed by atoms with van der Waals surface area (Å²) in [5, 5.41) is 0. The van der Waals surface area contributed by atoms with Crippen molar-refractivity contribution in [3.05, 3.63) is 0 Å². The zero-order valence-electron chi connectivity index (χ0n) is 23.1. The van der Waals surface area contributed by atoms with Crippen LogP contribution in [0.25, 0.3) is 0 Å². The molecule has 0 saturated carbocycles. The second kappa shape index (κ2) is 27.0. The Morgan fingerprint density at radius 2 is 0.879 bits per heavy atom. The van der Waals surface area contributed by atoms with Crippen molar-refractivity contribution in [1.82, 2.24) is 0 Å². The first kappa shape index (κ1) is 35.5. The summed E-state index contributed by atoms with van der Waals surface area (Å²) in [6.07, 6.45) is 27.0. The number of hydrogen-bond donors (Lipinski definition) is 1. The molecule has 0 amide bonds. The summed E-state index contributed by atoms with van der Waals surface area (Å²) >= 11 is 0. The highest BCUT2D eigenvalue weighted by Gasteiger charge is 2.30. The monoisotopic (exact) mass is 535 g/mol. The summed E-state index contributed by atoms with van der Waals surface area (Å²) in [7, 11) is 0. The fraction of sp³-hybridized carbons (Fsp3) is 1.00. The number of halogens is 1. The van der Waals surface area contributed by atoms with E-state index in [9.17, 15) is 0 Å². The van der Waals surface area contributed by atoms with E-state index in [1.165, 1.54) is 116 Å². The number of nitrogens with two attached hydrogens (primary N) is 1. The van der Waals surface area contributed by atoms with Crippen LogP contribution in [0.5, 0.6) is 0 Å². The predicted octanol–water partition coefficient (Wildman–Crippen LogP) is 9.55. The first-order chi connectivity index (χ1) is 15.6. The minimum Gasteiger partial charge on any atom is -0.374 e. The van der Waals surface area contributed by atoms with Crippen molar-refractivity contribution in [3.8, 4) is 0 Å². The molecule has 0 aromatic carbocycles. The number of rotatable bonds is 26. The van der Waals surface area contributed by atoms with E-state index < -0.39 is 0 Å². The lowest BCUT2D eigenvalue weighted by Gasteiger charge is -2.33. The van der Waals surface area contributed by atoms with E-state index in [2.05, 4.69) is 27.7 Å². The van der Waals surface area contributed by atoms with Gasteiger partial charge in [-0.2, -0.15) is 0 Å². The van der Waals surface area contributed by atoms with Gasteiger partial charge in [0.1, 0.15) is 0 Å². The van der Waals surface area contributed by atoms with E-state index in [0.29, 0.717) is 6.54 Å². The van der Waals surface area contributed by atoms with Gasteiger partial charge >= 0.3 is 0 Å². The Morgan fingerprint density at radius 3 is 1.24 bits per heavy atom. The average molecular weight is 537 g/mol. The summed E-state index contributed by atoms with van der Waals surface area (Å²) in [6, 6.07) is 0. The Balaban J connectivity index is 0. The largest absolute Gasteiger partial charge is 0.374 e. The van der Waals surface area contributed by atoms with Crippen molar-refractivity contribution < 1.29 is 9.47 Å². The van der Waals surface area contributed by atoms with Crippen LogP contribution in [0.1, 0.15) is 156 Å². The SMILES string of the molecule is Br.CCCCCCCCCCCCOC(CN)C(C)(C)OCCCCCCCCCCCC. The third-order valence-electron chi connectivity index (χ3n) is 6.78. The molecule has 0 bridgehead atoms. The number of ether oxygens (including phenoxy) is 2. The molecular weight excluding hydrogens is 474 g/mol. The highest BCUT2D eigenvalue weighted by Crippen LogP contribution is 2.20. The molecule has 0 aliphatic carbocycles. The molecule has 0 heterocycles. The summed E-state index contributed by atoms with van der Waals surface area (Å²) < 4.78 is 12.3. The lowest BCUT2D eigenvalue weighted by Crippen LogP contribution is -2.46. The fourth-order valence-electron chi connectivity index (χ4n) is 4.39. The van der Waals surface area contributed by atoms with Gasteiger partial charge in [-0.25, -0.2) is 0 Å². The smallest absolute Gasteiger partial charge is 0.0980 e. The van der Waals surface area contributed by atoms with E-state index >= 15 is 0 Å². The first-order valence-electron chi connectivity index (χ1n) is 14.5. The van der Waals surface area contributed by atoms with Gasteiger partial charge in [0.15, 0.2) is 0 Å². The molecule has 0 spiro atoms. The molecule has 0 aliphatic rings. The Morgan fingerprint density at radius 1 is 0.545 bits per heavy atom.